The maximum atomic E-state index is 12.6. The molecule has 2 aliphatic heterocycles. The highest BCUT2D eigenvalue weighted by Crippen LogP contribution is 2.47. The average molecular weight is 461 g/mol. The van der Waals surface area contributed by atoms with Gasteiger partial charge in [-0.25, -0.2) is 0 Å². The highest BCUT2D eigenvalue weighted by Gasteiger charge is 2.30. The van der Waals surface area contributed by atoms with Crippen molar-refractivity contribution in [3.05, 3.63) is 83.2 Å². The van der Waals surface area contributed by atoms with E-state index >= 15 is 0 Å². The Kier molecular flexibility index (Phi) is 6.24. The van der Waals surface area contributed by atoms with Crippen molar-refractivity contribution >= 4 is 11.1 Å². The third kappa shape index (κ3) is 4.38. The first-order valence-electron chi connectivity index (χ1n) is 11.7. The first-order valence-corrected chi connectivity index (χ1v) is 11.7. The Balaban J connectivity index is 1.39. The van der Waals surface area contributed by atoms with E-state index in [1.54, 1.807) is 18.3 Å². The number of likely N-dealkylation sites (tertiary alicyclic amines) is 1. The number of hydrogen-bond acceptors (Lipinski definition) is 5. The van der Waals surface area contributed by atoms with Crippen LogP contribution in [-0.2, 0) is 0 Å². The molecule has 1 atom stereocenters. The van der Waals surface area contributed by atoms with Gasteiger partial charge < -0.3 is 14.6 Å². The molecule has 1 fully saturated rings. The molecule has 3 heterocycles. The summed E-state index contributed by atoms with van der Waals surface area (Å²) in [7, 11) is 0. The molecule has 3 aromatic rings. The van der Waals surface area contributed by atoms with Crippen molar-refractivity contribution in [2.24, 2.45) is 5.92 Å². The number of benzene rings is 2. The molecule has 0 saturated carbocycles. The zero-order chi connectivity index (χ0) is 23.7. The van der Waals surface area contributed by atoms with Crippen LogP contribution in [0.1, 0.15) is 35.3 Å². The van der Waals surface area contributed by atoms with Gasteiger partial charge in [0.05, 0.1) is 6.67 Å². The van der Waals surface area contributed by atoms with Crippen LogP contribution in [0.2, 0.25) is 0 Å². The van der Waals surface area contributed by atoms with E-state index < -0.39 is 0 Å². The fourth-order valence-electron chi connectivity index (χ4n) is 4.75. The van der Waals surface area contributed by atoms with E-state index in [2.05, 4.69) is 23.7 Å². The number of aryl methyl sites for hydroxylation is 1. The van der Waals surface area contributed by atoms with Crippen molar-refractivity contribution in [3.8, 4) is 17.2 Å². The molecule has 0 bridgehead atoms. The van der Waals surface area contributed by atoms with Crippen molar-refractivity contribution in [1.29, 1.82) is 0 Å². The molecular weight excluding hydrogens is 431 g/mol. The minimum atomic E-state index is -0.312. The number of fused-ring (bicyclic) bond motifs is 1. The number of phenolic OH excluding ortho intramolecular Hbond substituents is 1. The van der Waals surface area contributed by atoms with E-state index in [9.17, 15) is 9.50 Å². The number of alkyl halides is 1. The van der Waals surface area contributed by atoms with Gasteiger partial charge in [-0.1, -0.05) is 12.1 Å². The van der Waals surface area contributed by atoms with Crippen molar-refractivity contribution in [2.45, 2.75) is 20.0 Å². The molecule has 5 rings (SSSR count). The largest absolute Gasteiger partial charge is 0.508 e. The van der Waals surface area contributed by atoms with Gasteiger partial charge >= 0.3 is 0 Å². The summed E-state index contributed by atoms with van der Waals surface area (Å²) < 4.78 is 25.0. The van der Waals surface area contributed by atoms with Crippen LogP contribution in [0.4, 0.5) is 4.39 Å². The average Bonchev–Trinajstić information content (AvgIpc) is 2.82. The van der Waals surface area contributed by atoms with Gasteiger partial charge in [0.1, 0.15) is 30.0 Å². The van der Waals surface area contributed by atoms with Crippen LogP contribution >= 0.6 is 0 Å². The van der Waals surface area contributed by atoms with E-state index in [0.29, 0.717) is 6.61 Å². The molecule has 176 valence electrons. The smallest absolute Gasteiger partial charge is 0.150 e. The Morgan fingerprint density at radius 2 is 1.88 bits per heavy atom. The first kappa shape index (κ1) is 22.4. The van der Waals surface area contributed by atoms with E-state index in [1.807, 2.05) is 42.6 Å². The number of pyridine rings is 1. The highest BCUT2D eigenvalue weighted by atomic mass is 19.1. The van der Waals surface area contributed by atoms with Crippen molar-refractivity contribution in [3.63, 3.8) is 0 Å². The zero-order valence-corrected chi connectivity index (χ0v) is 19.5. The fourth-order valence-corrected chi connectivity index (χ4v) is 4.75. The highest BCUT2D eigenvalue weighted by molar-refractivity contribution is 5.96. The standard InChI is InChI=1S/C28H29FN2O3/c1-18-9-10-30-15-25(18)27-19(2)24-13-22(32)5-8-26(24)34-28(27)21-3-6-23(7-4-21)33-12-11-31-16-20(14-29)17-31/h3-10,13,15,20,28,32H,11-12,14,16-17H2,1-2H3. The second kappa shape index (κ2) is 9.47. The predicted molar refractivity (Wildman–Crippen MR) is 131 cm³/mol. The zero-order valence-electron chi connectivity index (χ0n) is 19.5. The number of ether oxygens (including phenoxy) is 2. The van der Waals surface area contributed by atoms with Gasteiger partial charge in [-0.3, -0.25) is 14.3 Å². The molecule has 34 heavy (non-hydrogen) atoms. The van der Waals surface area contributed by atoms with Gasteiger partial charge in [-0.05, 0) is 66.9 Å². The Morgan fingerprint density at radius 3 is 2.62 bits per heavy atom. The molecule has 2 aliphatic rings. The molecule has 0 aliphatic carbocycles. The Hall–Kier alpha value is -3.38. The van der Waals surface area contributed by atoms with Crippen LogP contribution in [-0.4, -0.2) is 47.9 Å². The van der Waals surface area contributed by atoms with Gasteiger partial charge in [0.25, 0.3) is 0 Å². The number of hydrogen-bond donors (Lipinski definition) is 1. The molecular formula is C28H29FN2O3. The van der Waals surface area contributed by atoms with E-state index in [4.69, 9.17) is 9.47 Å². The lowest BCUT2D eigenvalue weighted by Gasteiger charge is -2.37. The normalized spacial score (nSPS) is 18.3. The molecule has 6 heteroatoms. The van der Waals surface area contributed by atoms with E-state index in [-0.39, 0.29) is 24.4 Å². The number of rotatable bonds is 7. The maximum Gasteiger partial charge on any atom is 0.150 e. The summed E-state index contributed by atoms with van der Waals surface area (Å²) in [5.41, 5.74) is 6.13. The molecule has 1 saturated heterocycles. The topological polar surface area (TPSA) is 54.8 Å². The number of nitrogens with zero attached hydrogens (tertiary/aromatic N) is 2. The Bertz CT molecular complexity index is 1200. The Morgan fingerprint density at radius 1 is 1.09 bits per heavy atom. The second-order valence-corrected chi connectivity index (χ2v) is 9.11. The van der Waals surface area contributed by atoms with Crippen molar-refractivity contribution < 1.29 is 19.0 Å². The SMILES string of the molecule is CC1=C(c2cnccc2C)C(c2ccc(OCCN3CC(CF)C3)cc2)Oc2ccc(O)cc21. The summed E-state index contributed by atoms with van der Waals surface area (Å²) in [4.78, 5) is 6.56. The lowest BCUT2D eigenvalue weighted by Crippen LogP contribution is -2.49. The van der Waals surface area contributed by atoms with Crippen molar-refractivity contribution in [1.82, 2.24) is 9.88 Å². The lowest BCUT2D eigenvalue weighted by molar-refractivity contribution is 0.0668. The summed E-state index contributed by atoms with van der Waals surface area (Å²) in [6.07, 6.45) is 3.35. The minimum absolute atomic E-state index is 0.193. The molecule has 0 amide bonds. The van der Waals surface area contributed by atoms with Gasteiger partial charge in [0, 0.05) is 54.6 Å². The Labute approximate surface area is 199 Å². The molecule has 5 nitrogen and oxygen atoms in total. The number of phenols is 1. The van der Waals surface area contributed by atoms with Crippen LogP contribution in [0.15, 0.2) is 60.9 Å². The predicted octanol–water partition coefficient (Wildman–Crippen LogP) is 5.44. The van der Waals surface area contributed by atoms with Crippen LogP contribution in [0.5, 0.6) is 17.2 Å². The van der Waals surface area contributed by atoms with Gasteiger partial charge in [0.15, 0.2) is 0 Å². The molecule has 1 aromatic heterocycles. The molecule has 1 unspecified atom stereocenters. The number of halogens is 1. The van der Waals surface area contributed by atoms with Crippen LogP contribution < -0.4 is 9.47 Å². The lowest BCUT2D eigenvalue weighted by atomic mass is 9.85. The maximum absolute atomic E-state index is 12.6. The third-order valence-electron chi connectivity index (χ3n) is 6.72. The quantitative estimate of drug-likeness (QED) is 0.509. The molecule has 0 radical (unpaired) electrons. The number of allylic oxidation sites excluding steroid dienone is 1. The number of aromatic hydroxyl groups is 1. The fraction of sp³-hybridized carbons (Fsp3) is 0.321. The summed E-state index contributed by atoms with van der Waals surface area (Å²) in [5, 5.41) is 10.1. The molecule has 0 spiro atoms. The molecule has 1 N–H and O–H groups in total. The summed E-state index contributed by atoms with van der Waals surface area (Å²) in [5.74, 6) is 1.94. The second-order valence-electron chi connectivity index (χ2n) is 9.11. The summed E-state index contributed by atoms with van der Waals surface area (Å²) >= 11 is 0. The summed E-state index contributed by atoms with van der Waals surface area (Å²) in [6, 6.07) is 15.2. The third-order valence-corrected chi connectivity index (χ3v) is 6.72. The van der Waals surface area contributed by atoms with Crippen LogP contribution in [0.25, 0.3) is 11.1 Å². The monoisotopic (exact) mass is 460 g/mol. The van der Waals surface area contributed by atoms with Gasteiger partial charge in [-0.15, -0.1) is 0 Å². The summed E-state index contributed by atoms with van der Waals surface area (Å²) in [6.45, 7) is 6.92. The van der Waals surface area contributed by atoms with Crippen LogP contribution in [0, 0.1) is 12.8 Å². The van der Waals surface area contributed by atoms with Gasteiger partial charge in [0.2, 0.25) is 0 Å². The van der Waals surface area contributed by atoms with Gasteiger partial charge in [-0.2, -0.15) is 0 Å². The minimum Gasteiger partial charge on any atom is -0.508 e. The first-order chi connectivity index (χ1) is 16.5. The number of aromatic nitrogens is 1. The van der Waals surface area contributed by atoms with E-state index in [1.165, 1.54) is 0 Å². The van der Waals surface area contributed by atoms with Crippen LogP contribution in [0.3, 0.4) is 0 Å². The van der Waals surface area contributed by atoms with Crippen molar-refractivity contribution in [2.75, 3.05) is 32.9 Å². The van der Waals surface area contributed by atoms with E-state index in [0.717, 1.165) is 64.5 Å². The molecule has 2 aromatic carbocycles.